The van der Waals surface area contributed by atoms with E-state index in [4.69, 9.17) is 5.73 Å². The van der Waals surface area contributed by atoms with Gasteiger partial charge in [0, 0.05) is 12.4 Å². The maximum Gasteiger partial charge on any atom is 0.287 e. The Morgan fingerprint density at radius 3 is 3.08 bits per heavy atom. The molecular weight excluding hydrogens is 158 g/mol. The van der Waals surface area contributed by atoms with Gasteiger partial charge in [0.2, 0.25) is 5.82 Å². The highest BCUT2D eigenvalue weighted by molar-refractivity contribution is 5.89. The molecule has 0 unspecified atom stereocenters. The lowest BCUT2D eigenvalue weighted by molar-refractivity contribution is 0.0989. The van der Waals surface area contributed by atoms with E-state index < -0.39 is 5.91 Å². The number of hydrogen-bond acceptors (Lipinski definition) is 4. The van der Waals surface area contributed by atoms with Gasteiger partial charge in [-0.1, -0.05) is 0 Å². The van der Waals surface area contributed by atoms with E-state index in [9.17, 15) is 4.79 Å². The molecule has 0 aliphatic rings. The molecule has 0 aromatic carbocycles. The lowest BCUT2D eigenvalue weighted by atomic mass is 10.5. The Hall–Kier alpha value is -1.98. The van der Waals surface area contributed by atoms with Crippen LogP contribution in [0.15, 0.2) is 18.6 Å². The fourth-order valence-electron chi connectivity index (χ4n) is 0.921. The van der Waals surface area contributed by atoms with E-state index in [1.807, 2.05) is 0 Å². The summed E-state index contributed by atoms with van der Waals surface area (Å²) in [4.78, 5) is 14.6. The number of nitrogens with two attached hydrogens (primary N) is 1. The van der Waals surface area contributed by atoms with E-state index >= 15 is 0 Å². The molecule has 0 radical (unpaired) electrons. The van der Waals surface area contributed by atoms with Gasteiger partial charge >= 0.3 is 0 Å². The van der Waals surface area contributed by atoms with Crippen LogP contribution >= 0.6 is 0 Å². The summed E-state index contributed by atoms with van der Waals surface area (Å²) in [5.74, 6) is -0.485. The van der Waals surface area contributed by atoms with Crippen molar-refractivity contribution in [2.75, 3.05) is 0 Å². The monoisotopic (exact) mass is 163 g/mol. The molecule has 0 saturated carbocycles. The topological polar surface area (TPSA) is 86.2 Å². The van der Waals surface area contributed by atoms with Gasteiger partial charge in [-0.25, -0.2) is 0 Å². The number of carbonyl (C=O) groups excluding carboxylic acids is 1. The molecule has 0 aliphatic heterocycles. The van der Waals surface area contributed by atoms with Crippen molar-refractivity contribution in [3.8, 4) is 0 Å². The van der Waals surface area contributed by atoms with E-state index in [-0.39, 0.29) is 5.82 Å². The van der Waals surface area contributed by atoms with E-state index in [1.54, 1.807) is 6.20 Å². The molecule has 0 fully saturated rings. The van der Waals surface area contributed by atoms with Crippen LogP contribution in [0.4, 0.5) is 0 Å². The fourth-order valence-corrected chi connectivity index (χ4v) is 0.921. The van der Waals surface area contributed by atoms with Crippen LogP contribution in [0.2, 0.25) is 0 Å². The summed E-state index contributed by atoms with van der Waals surface area (Å²) in [6, 6.07) is 0. The van der Waals surface area contributed by atoms with Crippen LogP contribution in [0.5, 0.6) is 0 Å². The number of fused-ring (bicyclic) bond motifs is 1. The van der Waals surface area contributed by atoms with Crippen LogP contribution in [-0.2, 0) is 0 Å². The smallest absolute Gasteiger partial charge is 0.287 e. The number of carbonyl (C=O) groups is 1. The first-order chi connectivity index (χ1) is 5.79. The molecule has 2 aromatic rings. The molecule has 0 bridgehead atoms. The minimum atomic E-state index is -0.603. The highest BCUT2D eigenvalue weighted by Gasteiger charge is 2.08. The molecule has 0 spiro atoms. The maximum atomic E-state index is 10.8. The maximum absolute atomic E-state index is 10.8. The molecule has 0 atom stereocenters. The van der Waals surface area contributed by atoms with Gasteiger partial charge < -0.3 is 5.73 Å². The molecule has 2 rings (SSSR count). The van der Waals surface area contributed by atoms with Gasteiger partial charge in [-0.15, -0.1) is 10.2 Å². The average molecular weight is 163 g/mol. The van der Waals surface area contributed by atoms with Gasteiger partial charge in [-0.3, -0.25) is 14.2 Å². The van der Waals surface area contributed by atoms with Gasteiger partial charge in [0.05, 0.1) is 6.20 Å². The summed E-state index contributed by atoms with van der Waals surface area (Å²) in [7, 11) is 0. The Labute approximate surface area is 67.0 Å². The fraction of sp³-hybridized carbons (Fsp3) is 0. The van der Waals surface area contributed by atoms with E-state index in [2.05, 4.69) is 15.2 Å². The van der Waals surface area contributed by atoms with Crippen molar-refractivity contribution in [3.63, 3.8) is 0 Å². The van der Waals surface area contributed by atoms with Crippen molar-refractivity contribution in [3.05, 3.63) is 24.4 Å². The first kappa shape index (κ1) is 6.71. The molecular formula is C6H5N5O. The second kappa shape index (κ2) is 2.26. The van der Waals surface area contributed by atoms with Gasteiger partial charge in [0.25, 0.3) is 5.91 Å². The lowest BCUT2D eigenvalue weighted by Gasteiger charge is -1.91. The van der Waals surface area contributed by atoms with Crippen LogP contribution in [0.1, 0.15) is 10.6 Å². The Balaban J connectivity index is 2.79. The molecule has 2 heterocycles. The van der Waals surface area contributed by atoms with Crippen molar-refractivity contribution in [1.82, 2.24) is 19.6 Å². The molecule has 6 heteroatoms. The van der Waals surface area contributed by atoms with Crippen LogP contribution in [0.3, 0.4) is 0 Å². The zero-order valence-electron chi connectivity index (χ0n) is 6.01. The molecule has 1 amide bonds. The number of hydrogen-bond donors (Lipinski definition) is 1. The van der Waals surface area contributed by atoms with E-state index in [0.29, 0.717) is 5.65 Å². The summed E-state index contributed by atoms with van der Waals surface area (Å²) >= 11 is 0. The molecule has 12 heavy (non-hydrogen) atoms. The number of amides is 1. The predicted molar refractivity (Wildman–Crippen MR) is 39.3 cm³/mol. The Bertz CT molecular complexity index is 434. The van der Waals surface area contributed by atoms with Crippen molar-refractivity contribution in [2.45, 2.75) is 0 Å². The number of primary amides is 1. The molecule has 2 N–H and O–H groups in total. The van der Waals surface area contributed by atoms with Gasteiger partial charge in [0.15, 0.2) is 5.65 Å². The molecule has 0 saturated heterocycles. The zero-order valence-corrected chi connectivity index (χ0v) is 6.01. The summed E-state index contributed by atoms with van der Waals surface area (Å²) in [6.07, 6.45) is 4.61. The molecule has 0 aliphatic carbocycles. The normalized spacial score (nSPS) is 10.3. The van der Waals surface area contributed by atoms with Gasteiger partial charge in [0.1, 0.15) is 0 Å². The first-order valence-electron chi connectivity index (χ1n) is 3.23. The third-order valence-electron chi connectivity index (χ3n) is 1.43. The quantitative estimate of drug-likeness (QED) is 0.597. The van der Waals surface area contributed by atoms with E-state index in [0.717, 1.165) is 0 Å². The molecule has 2 aromatic heterocycles. The van der Waals surface area contributed by atoms with Crippen LogP contribution < -0.4 is 5.73 Å². The number of rotatable bonds is 1. The highest BCUT2D eigenvalue weighted by Crippen LogP contribution is 1.98. The standard InChI is InChI=1S/C6H5N5O/c7-5(12)6-10-9-4-3-8-1-2-11(4)6/h1-3H,(H2,7,12). The van der Waals surface area contributed by atoms with Crippen LogP contribution in [0, 0.1) is 0 Å². The first-order valence-corrected chi connectivity index (χ1v) is 3.23. The SMILES string of the molecule is NC(=O)c1nnc2cnccn12. The summed E-state index contributed by atoms with van der Waals surface area (Å²) < 4.78 is 1.48. The average Bonchev–Trinajstić information content (AvgIpc) is 2.47. The number of aromatic nitrogens is 4. The van der Waals surface area contributed by atoms with E-state index in [1.165, 1.54) is 16.8 Å². The van der Waals surface area contributed by atoms with Crippen molar-refractivity contribution in [2.24, 2.45) is 5.73 Å². The second-order valence-corrected chi connectivity index (χ2v) is 2.19. The summed E-state index contributed by atoms with van der Waals surface area (Å²) in [6.45, 7) is 0. The second-order valence-electron chi connectivity index (χ2n) is 2.19. The third kappa shape index (κ3) is 0.815. The minimum Gasteiger partial charge on any atom is -0.363 e. The molecule has 6 nitrogen and oxygen atoms in total. The summed E-state index contributed by atoms with van der Waals surface area (Å²) in [5, 5.41) is 7.28. The predicted octanol–water partition coefficient (Wildman–Crippen LogP) is -0.777. The Morgan fingerprint density at radius 2 is 2.33 bits per heavy atom. The zero-order chi connectivity index (χ0) is 8.55. The number of nitrogens with zero attached hydrogens (tertiary/aromatic N) is 4. The third-order valence-corrected chi connectivity index (χ3v) is 1.43. The Kier molecular flexibility index (Phi) is 1.26. The van der Waals surface area contributed by atoms with Crippen LogP contribution in [0.25, 0.3) is 5.65 Å². The lowest BCUT2D eigenvalue weighted by Crippen LogP contribution is -2.15. The summed E-state index contributed by atoms with van der Waals surface area (Å²) in [5.41, 5.74) is 5.55. The van der Waals surface area contributed by atoms with Gasteiger partial charge in [-0.05, 0) is 0 Å². The van der Waals surface area contributed by atoms with Crippen LogP contribution in [-0.4, -0.2) is 25.5 Å². The minimum absolute atomic E-state index is 0.118. The highest BCUT2D eigenvalue weighted by atomic mass is 16.1. The largest absolute Gasteiger partial charge is 0.363 e. The van der Waals surface area contributed by atoms with Gasteiger partial charge in [-0.2, -0.15) is 0 Å². The van der Waals surface area contributed by atoms with Crippen molar-refractivity contribution in [1.29, 1.82) is 0 Å². The van der Waals surface area contributed by atoms with Crippen molar-refractivity contribution < 1.29 is 4.79 Å². The Morgan fingerprint density at radius 1 is 1.50 bits per heavy atom. The molecule has 60 valence electrons. The van der Waals surface area contributed by atoms with Crippen molar-refractivity contribution >= 4 is 11.6 Å².